The molecule has 1 saturated heterocycles. The number of nitriles is 1. The van der Waals surface area contributed by atoms with Gasteiger partial charge in [0.1, 0.15) is 11.6 Å². The van der Waals surface area contributed by atoms with Crippen LogP contribution in [-0.4, -0.2) is 48.3 Å². The van der Waals surface area contributed by atoms with E-state index in [1.54, 1.807) is 11.1 Å². The highest BCUT2D eigenvalue weighted by Gasteiger charge is 2.25. The van der Waals surface area contributed by atoms with Gasteiger partial charge in [-0.25, -0.2) is 9.50 Å². The van der Waals surface area contributed by atoms with E-state index in [2.05, 4.69) is 27.8 Å². The molecule has 9 nitrogen and oxygen atoms in total. The van der Waals surface area contributed by atoms with Crippen molar-refractivity contribution in [3.63, 3.8) is 0 Å². The first-order chi connectivity index (χ1) is 14.4. The van der Waals surface area contributed by atoms with Gasteiger partial charge in [-0.05, 0) is 24.8 Å². The SMILES string of the molecule is C=CC(=O)N1CCC(n2cc(-c3nc4c(C#N)c[nH]n4c(=O)c3C(C)C)cn2)CC1. The molecule has 4 rings (SSSR count). The van der Waals surface area contributed by atoms with E-state index in [4.69, 9.17) is 0 Å². The largest absolute Gasteiger partial charge is 0.339 e. The molecule has 3 aromatic heterocycles. The summed E-state index contributed by atoms with van der Waals surface area (Å²) in [6, 6.07) is 2.23. The normalized spacial score (nSPS) is 14.9. The lowest BCUT2D eigenvalue weighted by Gasteiger charge is -2.31. The number of amides is 1. The van der Waals surface area contributed by atoms with E-state index in [1.807, 2.05) is 24.7 Å². The molecule has 1 aliphatic heterocycles. The third kappa shape index (κ3) is 3.20. The van der Waals surface area contributed by atoms with Crippen LogP contribution in [0.1, 0.15) is 49.8 Å². The number of nitrogens with zero attached hydrogens (tertiary/aromatic N) is 6. The maximum Gasteiger partial charge on any atom is 0.276 e. The van der Waals surface area contributed by atoms with Crippen LogP contribution in [0.5, 0.6) is 0 Å². The molecule has 0 unspecified atom stereocenters. The summed E-state index contributed by atoms with van der Waals surface area (Å²) in [7, 11) is 0. The van der Waals surface area contributed by atoms with Crippen LogP contribution in [-0.2, 0) is 4.79 Å². The molecule has 4 heterocycles. The highest BCUT2D eigenvalue weighted by molar-refractivity contribution is 5.87. The number of fused-ring (bicyclic) bond motifs is 1. The fraction of sp³-hybridized carbons (Fsp3) is 0.381. The molecule has 1 aliphatic rings. The van der Waals surface area contributed by atoms with Gasteiger partial charge in [0, 0.05) is 36.6 Å². The summed E-state index contributed by atoms with van der Waals surface area (Å²) in [5, 5.41) is 16.7. The fourth-order valence-corrected chi connectivity index (χ4v) is 3.99. The molecule has 30 heavy (non-hydrogen) atoms. The molecule has 3 aromatic rings. The quantitative estimate of drug-likeness (QED) is 0.669. The highest BCUT2D eigenvalue weighted by atomic mass is 16.2. The minimum atomic E-state index is -0.213. The number of carbonyl (C=O) groups is 1. The third-order valence-electron chi connectivity index (χ3n) is 5.59. The van der Waals surface area contributed by atoms with Crippen molar-refractivity contribution in [2.75, 3.05) is 13.1 Å². The maximum absolute atomic E-state index is 13.0. The molecule has 9 heteroatoms. The Morgan fingerprint density at radius 2 is 2.13 bits per heavy atom. The van der Waals surface area contributed by atoms with E-state index >= 15 is 0 Å². The van der Waals surface area contributed by atoms with E-state index in [0.29, 0.717) is 35.6 Å². The van der Waals surface area contributed by atoms with Crippen molar-refractivity contribution in [2.45, 2.75) is 38.6 Å². The molecule has 154 valence electrons. The van der Waals surface area contributed by atoms with Crippen molar-refractivity contribution in [3.05, 3.63) is 52.7 Å². The van der Waals surface area contributed by atoms with Crippen LogP contribution in [0.15, 0.2) is 36.0 Å². The Balaban J connectivity index is 1.70. The Kier molecular flexibility index (Phi) is 4.99. The lowest BCUT2D eigenvalue weighted by Crippen LogP contribution is -2.38. The number of hydrogen-bond donors (Lipinski definition) is 1. The summed E-state index contributed by atoms with van der Waals surface area (Å²) in [5.74, 6) is -0.101. The van der Waals surface area contributed by atoms with Crippen LogP contribution < -0.4 is 5.56 Å². The number of hydrogen-bond acceptors (Lipinski definition) is 5. The van der Waals surface area contributed by atoms with Crippen LogP contribution in [0.2, 0.25) is 0 Å². The molecule has 0 aromatic carbocycles. The van der Waals surface area contributed by atoms with Crippen molar-refractivity contribution < 1.29 is 4.79 Å². The summed E-state index contributed by atoms with van der Waals surface area (Å²) >= 11 is 0. The van der Waals surface area contributed by atoms with Crippen molar-refractivity contribution in [1.29, 1.82) is 5.26 Å². The van der Waals surface area contributed by atoms with Gasteiger partial charge in [-0.15, -0.1) is 0 Å². The standard InChI is InChI=1S/C21H23N7O2/c1-4-17(29)26-7-5-16(6-8-26)27-12-15(11-23-27)19-18(13(2)3)21(30)28-20(25-19)14(9-22)10-24-28/h4,10-13,16,24H,1,5-8H2,2-3H3. The lowest BCUT2D eigenvalue weighted by molar-refractivity contribution is -0.127. The third-order valence-corrected chi connectivity index (χ3v) is 5.59. The zero-order chi connectivity index (χ0) is 21.4. The van der Waals surface area contributed by atoms with Crippen molar-refractivity contribution in [2.24, 2.45) is 0 Å². The maximum atomic E-state index is 13.0. The first-order valence-electron chi connectivity index (χ1n) is 9.94. The second-order valence-corrected chi connectivity index (χ2v) is 7.76. The number of nitrogens with one attached hydrogen (secondary N) is 1. The zero-order valence-electron chi connectivity index (χ0n) is 17.0. The van der Waals surface area contributed by atoms with Gasteiger partial charge in [-0.1, -0.05) is 20.4 Å². The van der Waals surface area contributed by atoms with E-state index in [1.165, 1.54) is 16.8 Å². The van der Waals surface area contributed by atoms with Crippen LogP contribution in [0.3, 0.4) is 0 Å². The molecule has 0 spiro atoms. The average molecular weight is 405 g/mol. The van der Waals surface area contributed by atoms with Crippen LogP contribution in [0.25, 0.3) is 16.9 Å². The number of H-pyrrole nitrogens is 1. The van der Waals surface area contributed by atoms with E-state index in [9.17, 15) is 14.9 Å². The molecule has 0 atom stereocenters. The number of aromatic nitrogens is 5. The van der Waals surface area contributed by atoms with Gasteiger partial charge < -0.3 is 4.90 Å². The van der Waals surface area contributed by atoms with Gasteiger partial charge in [-0.3, -0.25) is 19.4 Å². The molecule has 1 fully saturated rings. The minimum Gasteiger partial charge on any atom is -0.339 e. The predicted octanol–water partition coefficient (Wildman–Crippen LogP) is 2.23. The number of likely N-dealkylation sites (tertiary alicyclic amines) is 1. The minimum absolute atomic E-state index is 0.0473. The van der Waals surface area contributed by atoms with Gasteiger partial charge in [-0.2, -0.15) is 10.4 Å². The molecule has 0 saturated carbocycles. The predicted molar refractivity (Wildman–Crippen MR) is 111 cm³/mol. The lowest BCUT2D eigenvalue weighted by atomic mass is 10.00. The Bertz CT molecular complexity index is 1220. The smallest absolute Gasteiger partial charge is 0.276 e. The Morgan fingerprint density at radius 3 is 2.77 bits per heavy atom. The van der Waals surface area contributed by atoms with Crippen LogP contribution >= 0.6 is 0 Å². The van der Waals surface area contributed by atoms with E-state index < -0.39 is 0 Å². The topological polar surface area (TPSA) is 112 Å². The summed E-state index contributed by atoms with van der Waals surface area (Å²) in [6.45, 7) is 8.74. The first kappa shape index (κ1) is 19.6. The number of aromatic amines is 1. The summed E-state index contributed by atoms with van der Waals surface area (Å²) in [5.41, 5.74) is 2.28. The molecular formula is C21H23N7O2. The number of piperidine rings is 1. The van der Waals surface area contributed by atoms with E-state index in [-0.39, 0.29) is 23.4 Å². The summed E-state index contributed by atoms with van der Waals surface area (Å²) in [6.07, 6.45) is 8.03. The summed E-state index contributed by atoms with van der Waals surface area (Å²) in [4.78, 5) is 31.3. The molecule has 0 bridgehead atoms. The molecule has 1 N–H and O–H groups in total. The molecule has 0 aliphatic carbocycles. The second-order valence-electron chi connectivity index (χ2n) is 7.76. The van der Waals surface area contributed by atoms with Crippen molar-refractivity contribution >= 4 is 11.6 Å². The molecule has 1 amide bonds. The fourth-order valence-electron chi connectivity index (χ4n) is 3.99. The van der Waals surface area contributed by atoms with Gasteiger partial charge in [0.15, 0.2) is 5.65 Å². The molecular weight excluding hydrogens is 382 g/mol. The van der Waals surface area contributed by atoms with Crippen molar-refractivity contribution in [1.82, 2.24) is 29.3 Å². The zero-order valence-corrected chi connectivity index (χ0v) is 17.0. The van der Waals surface area contributed by atoms with Gasteiger partial charge in [0.05, 0.1) is 17.9 Å². The van der Waals surface area contributed by atoms with Gasteiger partial charge in [0.2, 0.25) is 5.91 Å². The van der Waals surface area contributed by atoms with E-state index in [0.717, 1.165) is 18.4 Å². The van der Waals surface area contributed by atoms with Crippen LogP contribution in [0, 0.1) is 11.3 Å². The molecule has 0 radical (unpaired) electrons. The van der Waals surface area contributed by atoms with Crippen molar-refractivity contribution in [3.8, 4) is 17.3 Å². The number of carbonyl (C=O) groups excluding carboxylic acids is 1. The first-order valence-corrected chi connectivity index (χ1v) is 9.94. The Morgan fingerprint density at radius 1 is 1.40 bits per heavy atom. The Hall–Kier alpha value is -3.67. The number of rotatable bonds is 4. The Labute approximate surface area is 173 Å². The summed E-state index contributed by atoms with van der Waals surface area (Å²) < 4.78 is 3.20. The highest BCUT2D eigenvalue weighted by Crippen LogP contribution is 2.28. The average Bonchev–Trinajstić information content (AvgIpc) is 3.40. The van der Waals surface area contributed by atoms with Gasteiger partial charge >= 0.3 is 0 Å². The second kappa shape index (κ2) is 7.63. The van der Waals surface area contributed by atoms with Gasteiger partial charge in [0.25, 0.3) is 5.56 Å². The van der Waals surface area contributed by atoms with Crippen LogP contribution in [0.4, 0.5) is 0 Å². The monoisotopic (exact) mass is 405 g/mol.